The van der Waals surface area contributed by atoms with Crippen molar-refractivity contribution >= 4 is 23.5 Å². The van der Waals surface area contributed by atoms with Crippen LogP contribution in [0.1, 0.15) is 38.7 Å². The van der Waals surface area contributed by atoms with Crippen molar-refractivity contribution in [2.75, 3.05) is 11.9 Å². The van der Waals surface area contributed by atoms with Gasteiger partial charge >= 0.3 is 6.03 Å². The molecule has 25 heavy (non-hydrogen) atoms. The molecule has 0 spiro atoms. The molecule has 0 saturated carbocycles. The lowest BCUT2D eigenvalue weighted by Gasteiger charge is -2.21. The largest absolute Gasteiger partial charge is 0.325 e. The fourth-order valence-electron chi connectivity index (χ4n) is 2.73. The molecule has 1 heterocycles. The summed E-state index contributed by atoms with van der Waals surface area (Å²) >= 11 is 0. The molecule has 0 bridgehead atoms. The van der Waals surface area contributed by atoms with Gasteiger partial charge in [-0.15, -0.1) is 0 Å². The minimum absolute atomic E-state index is 0.299. The number of nitrogens with one attached hydrogen (secondary N) is 2. The van der Waals surface area contributed by atoms with E-state index >= 15 is 0 Å². The third kappa shape index (κ3) is 4.35. The van der Waals surface area contributed by atoms with Gasteiger partial charge in [0.05, 0.1) is 12.5 Å². The molecule has 0 radical (unpaired) electrons. The number of unbranched alkanes of at least 4 members (excludes halogenated alkanes) is 1. The number of hydrogen-bond acceptors (Lipinski definition) is 4. The van der Waals surface area contributed by atoms with Gasteiger partial charge in [0.2, 0.25) is 5.91 Å². The molecule has 1 atom stereocenters. The van der Waals surface area contributed by atoms with Crippen molar-refractivity contribution in [3.05, 3.63) is 29.8 Å². The van der Waals surface area contributed by atoms with Crippen LogP contribution in [0.2, 0.25) is 0 Å². The summed E-state index contributed by atoms with van der Waals surface area (Å²) in [6.45, 7) is 3.37. The first-order chi connectivity index (χ1) is 11.9. The Balaban J connectivity index is 1.97. The van der Waals surface area contributed by atoms with E-state index in [1.54, 1.807) is 31.2 Å². The van der Waals surface area contributed by atoms with Crippen LogP contribution in [0, 0.1) is 11.3 Å². The van der Waals surface area contributed by atoms with E-state index in [4.69, 9.17) is 5.26 Å². The monoisotopic (exact) mass is 342 g/mol. The molecule has 4 amide bonds. The zero-order chi connectivity index (χ0) is 18.4. The first-order valence-electron chi connectivity index (χ1n) is 8.29. The summed E-state index contributed by atoms with van der Waals surface area (Å²) < 4.78 is 0. The van der Waals surface area contributed by atoms with Crippen LogP contribution in [-0.2, 0) is 16.0 Å². The van der Waals surface area contributed by atoms with Crippen molar-refractivity contribution in [2.24, 2.45) is 0 Å². The molecule has 1 aromatic rings. The summed E-state index contributed by atoms with van der Waals surface area (Å²) in [5, 5.41) is 14.0. The van der Waals surface area contributed by atoms with Gasteiger partial charge in [-0.25, -0.2) is 4.79 Å². The maximum Gasteiger partial charge on any atom is 0.325 e. The number of anilines is 1. The summed E-state index contributed by atoms with van der Waals surface area (Å²) in [4.78, 5) is 37.6. The molecule has 7 nitrogen and oxygen atoms in total. The minimum atomic E-state index is -0.938. The number of nitriles is 1. The highest BCUT2D eigenvalue weighted by atomic mass is 16.2. The number of hydrogen-bond donors (Lipinski definition) is 2. The number of imide groups is 1. The van der Waals surface area contributed by atoms with Gasteiger partial charge in [-0.1, -0.05) is 31.9 Å². The van der Waals surface area contributed by atoms with Crippen LogP contribution in [-0.4, -0.2) is 34.8 Å². The summed E-state index contributed by atoms with van der Waals surface area (Å²) in [7, 11) is 0. The summed E-state index contributed by atoms with van der Waals surface area (Å²) in [5.41, 5.74) is 0.459. The predicted molar refractivity (Wildman–Crippen MR) is 92.6 cm³/mol. The van der Waals surface area contributed by atoms with Crippen LogP contribution in [0.4, 0.5) is 10.5 Å². The van der Waals surface area contributed by atoms with Gasteiger partial charge < -0.3 is 10.6 Å². The highest BCUT2D eigenvalue weighted by Gasteiger charge is 2.47. The van der Waals surface area contributed by atoms with Gasteiger partial charge in [0, 0.05) is 5.69 Å². The van der Waals surface area contributed by atoms with Crippen LogP contribution in [0.25, 0.3) is 0 Å². The third-order valence-electron chi connectivity index (χ3n) is 4.20. The maximum absolute atomic E-state index is 12.5. The summed E-state index contributed by atoms with van der Waals surface area (Å²) in [6, 6.07) is 8.36. The minimum Gasteiger partial charge on any atom is -0.325 e. The Bertz CT molecular complexity index is 708. The topological polar surface area (TPSA) is 102 Å². The first kappa shape index (κ1) is 18.5. The van der Waals surface area contributed by atoms with Gasteiger partial charge in [0.15, 0.2) is 0 Å². The van der Waals surface area contributed by atoms with E-state index < -0.39 is 17.5 Å². The van der Waals surface area contributed by atoms with E-state index in [1.165, 1.54) is 0 Å². The van der Waals surface area contributed by atoms with Crippen molar-refractivity contribution < 1.29 is 14.4 Å². The molecule has 1 saturated heterocycles. The van der Waals surface area contributed by atoms with Gasteiger partial charge in [0.1, 0.15) is 12.1 Å². The Labute approximate surface area is 147 Å². The average molecular weight is 342 g/mol. The van der Waals surface area contributed by atoms with E-state index in [0.29, 0.717) is 18.5 Å². The third-order valence-corrected chi connectivity index (χ3v) is 4.20. The van der Waals surface area contributed by atoms with Crippen molar-refractivity contribution in [3.63, 3.8) is 0 Å². The second-order valence-corrected chi connectivity index (χ2v) is 6.34. The number of nitrogens with zero attached hydrogens (tertiary/aromatic N) is 2. The van der Waals surface area contributed by atoms with Gasteiger partial charge in [0.25, 0.3) is 5.91 Å². The quantitative estimate of drug-likeness (QED) is 0.741. The molecule has 0 unspecified atom stereocenters. The lowest BCUT2D eigenvalue weighted by Crippen LogP contribution is -2.44. The Hall–Kier alpha value is -2.88. The number of urea groups is 1. The predicted octanol–water partition coefficient (Wildman–Crippen LogP) is 2.19. The molecule has 2 rings (SSSR count). The molecule has 1 fully saturated rings. The maximum atomic E-state index is 12.5. The van der Waals surface area contributed by atoms with Crippen molar-refractivity contribution in [1.29, 1.82) is 5.26 Å². The van der Waals surface area contributed by atoms with E-state index in [9.17, 15) is 14.4 Å². The number of carbonyl (C=O) groups is 3. The Morgan fingerprint density at radius 1 is 1.32 bits per heavy atom. The van der Waals surface area contributed by atoms with Crippen LogP contribution in [0.3, 0.4) is 0 Å². The first-order valence-corrected chi connectivity index (χ1v) is 8.29. The molecular weight excluding hydrogens is 320 g/mol. The second-order valence-electron chi connectivity index (χ2n) is 6.34. The molecule has 0 aromatic heterocycles. The molecule has 2 N–H and O–H groups in total. The van der Waals surface area contributed by atoms with E-state index in [2.05, 4.69) is 10.6 Å². The Kier molecular flexibility index (Phi) is 5.75. The molecule has 1 aromatic carbocycles. The lowest BCUT2D eigenvalue weighted by molar-refractivity contribution is -0.133. The number of benzene rings is 1. The average Bonchev–Trinajstić information content (AvgIpc) is 2.79. The van der Waals surface area contributed by atoms with Crippen molar-refractivity contribution in [3.8, 4) is 6.07 Å². The van der Waals surface area contributed by atoms with Gasteiger partial charge in [-0.05, 0) is 31.0 Å². The highest BCUT2D eigenvalue weighted by molar-refractivity contribution is 6.09. The van der Waals surface area contributed by atoms with Crippen LogP contribution < -0.4 is 10.6 Å². The van der Waals surface area contributed by atoms with Crippen molar-refractivity contribution in [2.45, 2.75) is 45.1 Å². The molecule has 7 heteroatoms. The molecule has 132 valence electrons. The summed E-state index contributed by atoms with van der Waals surface area (Å²) in [5.74, 6) is -0.818. The van der Waals surface area contributed by atoms with Crippen LogP contribution >= 0.6 is 0 Å². The van der Waals surface area contributed by atoms with Gasteiger partial charge in [-0.3, -0.25) is 14.5 Å². The number of rotatable bonds is 7. The number of carbonyl (C=O) groups excluding carboxylic acids is 3. The molecule has 1 aliphatic heterocycles. The van der Waals surface area contributed by atoms with Gasteiger partial charge in [-0.2, -0.15) is 5.26 Å². The smallest absolute Gasteiger partial charge is 0.325 e. The summed E-state index contributed by atoms with van der Waals surface area (Å²) in [6.07, 6.45) is 2.58. The molecule has 1 aliphatic rings. The van der Waals surface area contributed by atoms with Crippen molar-refractivity contribution in [1.82, 2.24) is 10.2 Å². The Morgan fingerprint density at radius 3 is 2.60 bits per heavy atom. The highest BCUT2D eigenvalue weighted by Crippen LogP contribution is 2.23. The van der Waals surface area contributed by atoms with E-state index in [-0.39, 0.29) is 12.5 Å². The molecule has 0 aliphatic carbocycles. The van der Waals surface area contributed by atoms with Crippen LogP contribution in [0.15, 0.2) is 24.3 Å². The Morgan fingerprint density at radius 2 is 2.00 bits per heavy atom. The zero-order valence-electron chi connectivity index (χ0n) is 14.5. The molecular formula is C18H22N4O3. The fourth-order valence-corrected chi connectivity index (χ4v) is 2.73. The lowest BCUT2D eigenvalue weighted by atomic mass is 9.95. The fraction of sp³-hybridized carbons (Fsp3) is 0.444. The SMILES string of the molecule is CCCC[C@@]1(C)NC(=O)N(CC(=O)Nc2ccc(CC#N)cc2)C1=O. The second kappa shape index (κ2) is 7.79. The van der Waals surface area contributed by atoms with E-state index in [1.807, 2.05) is 13.0 Å². The van der Waals surface area contributed by atoms with Crippen LogP contribution in [0.5, 0.6) is 0 Å². The number of amides is 4. The normalized spacial score (nSPS) is 19.5. The zero-order valence-corrected chi connectivity index (χ0v) is 14.5. The standard InChI is InChI=1S/C18H22N4O3/c1-3-4-10-18(2)16(24)22(17(25)21-18)12-15(23)20-14-7-5-13(6-8-14)9-11-19/h5-8H,3-4,9-10,12H2,1-2H3,(H,20,23)(H,21,25)/t18-/m1/s1. The van der Waals surface area contributed by atoms with E-state index in [0.717, 1.165) is 23.3 Å².